The van der Waals surface area contributed by atoms with Gasteiger partial charge in [0.1, 0.15) is 16.8 Å². The SMILES string of the molecule is CCCCn1c(=C(C#N)C#N)s/c(=C/c2cccc(Br)c2)c1=O. The molecule has 0 aliphatic rings. The highest BCUT2D eigenvalue weighted by atomic mass is 79.9. The van der Waals surface area contributed by atoms with Gasteiger partial charge >= 0.3 is 0 Å². The van der Waals surface area contributed by atoms with E-state index in [2.05, 4.69) is 15.9 Å². The highest BCUT2D eigenvalue weighted by Crippen LogP contribution is 2.11. The van der Waals surface area contributed by atoms with E-state index >= 15 is 0 Å². The minimum absolute atomic E-state index is 0.0166. The Morgan fingerprint density at radius 1 is 1.39 bits per heavy atom. The molecule has 116 valence electrons. The number of nitriles is 2. The van der Waals surface area contributed by atoms with Crippen LogP contribution in [-0.2, 0) is 6.54 Å². The van der Waals surface area contributed by atoms with Crippen molar-refractivity contribution in [3.05, 3.63) is 53.9 Å². The van der Waals surface area contributed by atoms with Crippen molar-refractivity contribution in [1.29, 1.82) is 10.5 Å². The lowest BCUT2D eigenvalue weighted by molar-refractivity contribution is 0.609. The van der Waals surface area contributed by atoms with Gasteiger partial charge in [0.25, 0.3) is 5.56 Å². The summed E-state index contributed by atoms with van der Waals surface area (Å²) < 4.78 is 3.43. The molecular formula is C17H14BrN3OS. The average Bonchev–Trinajstić information content (AvgIpc) is 2.83. The summed E-state index contributed by atoms with van der Waals surface area (Å²) >= 11 is 4.60. The summed E-state index contributed by atoms with van der Waals surface area (Å²) in [7, 11) is 0. The van der Waals surface area contributed by atoms with Crippen molar-refractivity contribution >= 4 is 38.9 Å². The molecule has 2 rings (SSSR count). The van der Waals surface area contributed by atoms with Gasteiger partial charge in [0.05, 0.1) is 4.53 Å². The Morgan fingerprint density at radius 2 is 2.13 bits per heavy atom. The zero-order valence-corrected chi connectivity index (χ0v) is 14.9. The van der Waals surface area contributed by atoms with E-state index in [0.717, 1.165) is 22.9 Å². The Bertz CT molecular complexity index is 957. The summed E-state index contributed by atoms with van der Waals surface area (Å²) in [5.74, 6) is 0. The van der Waals surface area contributed by atoms with E-state index < -0.39 is 0 Å². The highest BCUT2D eigenvalue weighted by molar-refractivity contribution is 9.10. The molecule has 1 aromatic heterocycles. The van der Waals surface area contributed by atoms with Crippen LogP contribution in [0, 0.1) is 22.7 Å². The zero-order valence-electron chi connectivity index (χ0n) is 12.5. The molecule has 0 radical (unpaired) electrons. The van der Waals surface area contributed by atoms with Crippen molar-refractivity contribution < 1.29 is 0 Å². The maximum Gasteiger partial charge on any atom is 0.269 e. The van der Waals surface area contributed by atoms with Gasteiger partial charge in [-0.05, 0) is 30.2 Å². The van der Waals surface area contributed by atoms with Crippen LogP contribution in [0.15, 0.2) is 33.5 Å². The second-order valence-corrected chi connectivity index (χ2v) is 6.83. The third kappa shape index (κ3) is 3.98. The number of halogens is 1. The van der Waals surface area contributed by atoms with E-state index in [1.165, 1.54) is 11.3 Å². The molecule has 0 saturated heterocycles. The largest absolute Gasteiger partial charge is 0.297 e. The lowest BCUT2D eigenvalue weighted by atomic mass is 10.2. The van der Waals surface area contributed by atoms with E-state index in [1.807, 2.05) is 43.3 Å². The molecule has 0 fully saturated rings. The van der Waals surface area contributed by atoms with Crippen molar-refractivity contribution in [2.75, 3.05) is 0 Å². The second-order valence-electron chi connectivity index (χ2n) is 4.88. The first-order valence-corrected chi connectivity index (χ1v) is 8.73. The zero-order chi connectivity index (χ0) is 16.8. The summed E-state index contributed by atoms with van der Waals surface area (Å²) in [5.41, 5.74) is 0.723. The molecular weight excluding hydrogens is 374 g/mol. The van der Waals surface area contributed by atoms with Crippen molar-refractivity contribution in [2.24, 2.45) is 0 Å². The molecule has 0 N–H and O–H groups in total. The summed E-state index contributed by atoms with van der Waals surface area (Å²) in [6, 6.07) is 11.4. The van der Waals surface area contributed by atoms with Crippen LogP contribution >= 0.6 is 27.3 Å². The topological polar surface area (TPSA) is 69.6 Å². The molecule has 2 aromatic rings. The van der Waals surface area contributed by atoms with Crippen molar-refractivity contribution in [2.45, 2.75) is 26.3 Å². The van der Waals surface area contributed by atoms with Crippen LogP contribution in [0.3, 0.4) is 0 Å². The predicted molar refractivity (Wildman–Crippen MR) is 95.1 cm³/mol. The molecule has 0 atom stereocenters. The third-order valence-corrected chi connectivity index (χ3v) is 4.85. The Morgan fingerprint density at radius 3 is 2.74 bits per heavy atom. The first-order valence-electron chi connectivity index (χ1n) is 7.12. The van der Waals surface area contributed by atoms with E-state index in [-0.39, 0.29) is 11.1 Å². The van der Waals surface area contributed by atoms with E-state index in [9.17, 15) is 4.79 Å². The normalized spacial score (nSPS) is 11.0. The molecule has 0 unspecified atom stereocenters. The Balaban J connectivity index is 2.74. The van der Waals surface area contributed by atoms with Gasteiger partial charge in [0.2, 0.25) is 0 Å². The number of hydrogen-bond acceptors (Lipinski definition) is 4. The smallest absolute Gasteiger partial charge is 0.269 e. The third-order valence-electron chi connectivity index (χ3n) is 3.23. The summed E-state index contributed by atoms with van der Waals surface area (Å²) in [6.45, 7) is 2.55. The number of hydrogen-bond donors (Lipinski definition) is 0. The minimum atomic E-state index is -0.151. The van der Waals surface area contributed by atoms with E-state index in [4.69, 9.17) is 10.5 Å². The molecule has 23 heavy (non-hydrogen) atoms. The molecule has 0 amide bonds. The van der Waals surface area contributed by atoms with Crippen LogP contribution in [-0.4, -0.2) is 4.57 Å². The maximum absolute atomic E-state index is 12.6. The number of thiazole rings is 1. The van der Waals surface area contributed by atoms with Gasteiger partial charge in [-0.25, -0.2) is 0 Å². The van der Waals surface area contributed by atoms with Gasteiger partial charge in [0, 0.05) is 11.0 Å². The van der Waals surface area contributed by atoms with Crippen LogP contribution in [0.5, 0.6) is 0 Å². The standard InChI is InChI=1S/C17H14BrN3OS/c1-2-3-7-21-16(22)15(23-17(21)13(10-19)11-20)9-12-5-4-6-14(18)8-12/h4-6,8-9H,2-3,7H2,1H3/b15-9+. The monoisotopic (exact) mass is 387 g/mol. The highest BCUT2D eigenvalue weighted by Gasteiger charge is 2.08. The molecule has 0 aliphatic heterocycles. The molecule has 1 heterocycles. The van der Waals surface area contributed by atoms with Crippen LogP contribution < -0.4 is 14.8 Å². The number of rotatable bonds is 4. The number of unbranched alkanes of at least 4 members (excludes halogenated alkanes) is 1. The van der Waals surface area contributed by atoms with Crippen LogP contribution in [0.25, 0.3) is 11.6 Å². The first kappa shape index (κ1) is 17.2. The Kier molecular flexibility index (Phi) is 5.92. The summed E-state index contributed by atoms with van der Waals surface area (Å²) in [6.07, 6.45) is 3.54. The first-order chi connectivity index (χ1) is 11.1. The Labute approximate surface area is 146 Å². The molecule has 4 nitrogen and oxygen atoms in total. The minimum Gasteiger partial charge on any atom is -0.297 e. The predicted octanol–water partition coefficient (Wildman–Crippen LogP) is 2.50. The van der Waals surface area contributed by atoms with Crippen molar-refractivity contribution in [3.8, 4) is 12.1 Å². The van der Waals surface area contributed by atoms with Crippen molar-refractivity contribution in [3.63, 3.8) is 0 Å². The molecule has 1 aromatic carbocycles. The number of benzene rings is 1. The average molecular weight is 388 g/mol. The molecule has 0 spiro atoms. The van der Waals surface area contributed by atoms with Gasteiger partial charge in [-0.15, -0.1) is 11.3 Å². The molecule has 0 aliphatic carbocycles. The number of nitrogens with zero attached hydrogens (tertiary/aromatic N) is 3. The fourth-order valence-electron chi connectivity index (χ4n) is 2.09. The summed E-state index contributed by atoms with van der Waals surface area (Å²) in [4.78, 5) is 12.6. The summed E-state index contributed by atoms with van der Waals surface area (Å²) in [5, 5.41) is 18.2. The van der Waals surface area contributed by atoms with Gasteiger partial charge in [0.15, 0.2) is 5.57 Å². The Hall–Kier alpha value is -2.15. The number of aromatic nitrogens is 1. The maximum atomic E-state index is 12.6. The van der Waals surface area contributed by atoms with Gasteiger partial charge in [-0.1, -0.05) is 41.4 Å². The lowest BCUT2D eigenvalue weighted by Gasteiger charge is -1.99. The molecule has 0 bridgehead atoms. The fourth-order valence-corrected chi connectivity index (χ4v) is 3.59. The second kappa shape index (κ2) is 7.92. The van der Waals surface area contributed by atoms with Gasteiger partial charge < -0.3 is 0 Å². The van der Waals surface area contributed by atoms with Crippen molar-refractivity contribution in [1.82, 2.24) is 4.57 Å². The van der Waals surface area contributed by atoms with Crippen LogP contribution in [0.4, 0.5) is 0 Å². The van der Waals surface area contributed by atoms with Crippen LogP contribution in [0.1, 0.15) is 25.3 Å². The molecule has 6 heteroatoms. The van der Waals surface area contributed by atoms with Gasteiger partial charge in [-0.3, -0.25) is 9.36 Å². The fraction of sp³-hybridized carbons (Fsp3) is 0.235. The quantitative estimate of drug-likeness (QED) is 0.808. The van der Waals surface area contributed by atoms with E-state index in [0.29, 0.717) is 15.7 Å². The lowest BCUT2D eigenvalue weighted by Crippen LogP contribution is -2.32. The van der Waals surface area contributed by atoms with Crippen LogP contribution in [0.2, 0.25) is 0 Å². The van der Waals surface area contributed by atoms with E-state index in [1.54, 1.807) is 10.6 Å². The molecule has 0 saturated carbocycles. The van der Waals surface area contributed by atoms with Gasteiger partial charge in [-0.2, -0.15) is 10.5 Å².